The fourth-order valence-corrected chi connectivity index (χ4v) is 1.29. The van der Waals surface area contributed by atoms with E-state index in [1.54, 1.807) is 0 Å². The highest BCUT2D eigenvalue weighted by Crippen LogP contribution is 2.16. The fourth-order valence-electron chi connectivity index (χ4n) is 1.29. The maximum Gasteiger partial charge on any atom is 0.338 e. The molecule has 2 aromatic heterocycles. The van der Waals surface area contributed by atoms with Crippen molar-refractivity contribution in [2.75, 3.05) is 0 Å². The molecule has 17 heavy (non-hydrogen) atoms. The first-order valence-corrected chi connectivity index (χ1v) is 4.46. The van der Waals surface area contributed by atoms with Gasteiger partial charge >= 0.3 is 11.7 Å². The highest BCUT2D eigenvalue weighted by molar-refractivity contribution is 5.91. The van der Waals surface area contributed by atoms with Gasteiger partial charge in [-0.2, -0.15) is 5.10 Å². The number of carbonyl (C=O) groups is 1. The lowest BCUT2D eigenvalue weighted by Gasteiger charge is -2.03. The van der Waals surface area contributed by atoms with Crippen molar-refractivity contribution in [1.82, 2.24) is 14.8 Å². The Hall–Kier alpha value is -2.77. The zero-order valence-corrected chi connectivity index (χ0v) is 8.35. The van der Waals surface area contributed by atoms with Gasteiger partial charge in [-0.25, -0.2) is 9.48 Å². The maximum atomic E-state index is 10.9. The summed E-state index contributed by atoms with van der Waals surface area (Å²) in [6, 6.07) is 1.30. The minimum absolute atomic E-state index is 0.0296. The Bertz CT molecular complexity index is 592. The summed E-state index contributed by atoms with van der Waals surface area (Å²) in [7, 11) is 0. The quantitative estimate of drug-likeness (QED) is 0.623. The molecular formula is C9H6N4O4. The van der Waals surface area contributed by atoms with Crippen LogP contribution in [0, 0.1) is 10.1 Å². The van der Waals surface area contributed by atoms with Gasteiger partial charge in [-0.15, -0.1) is 0 Å². The SMILES string of the molecule is O=C(O)c1ccncc1-n1cc([N+](=O)[O-])cn1. The van der Waals surface area contributed by atoms with Crippen LogP contribution in [0.2, 0.25) is 0 Å². The number of nitrogens with zero attached hydrogens (tertiary/aromatic N) is 4. The van der Waals surface area contributed by atoms with Crippen LogP contribution >= 0.6 is 0 Å². The molecule has 0 fully saturated rings. The minimum Gasteiger partial charge on any atom is -0.478 e. The molecule has 0 spiro atoms. The summed E-state index contributed by atoms with van der Waals surface area (Å²) in [5.74, 6) is -1.15. The third kappa shape index (κ3) is 1.95. The average Bonchev–Trinajstić information content (AvgIpc) is 2.78. The normalized spacial score (nSPS) is 10.1. The van der Waals surface area contributed by atoms with Gasteiger partial charge in [0.15, 0.2) is 0 Å². The summed E-state index contributed by atoms with van der Waals surface area (Å²) in [4.78, 5) is 24.6. The molecule has 0 saturated heterocycles. The first-order valence-electron chi connectivity index (χ1n) is 4.46. The van der Waals surface area contributed by atoms with Gasteiger partial charge in [-0.05, 0) is 6.07 Å². The van der Waals surface area contributed by atoms with E-state index in [4.69, 9.17) is 5.11 Å². The molecule has 0 unspecified atom stereocenters. The van der Waals surface area contributed by atoms with Crippen LogP contribution in [0.3, 0.4) is 0 Å². The molecule has 8 nitrogen and oxygen atoms in total. The molecule has 0 aliphatic rings. The van der Waals surface area contributed by atoms with Gasteiger partial charge in [-0.1, -0.05) is 0 Å². The summed E-state index contributed by atoms with van der Waals surface area (Å²) in [6.45, 7) is 0. The zero-order chi connectivity index (χ0) is 12.4. The van der Waals surface area contributed by atoms with E-state index in [-0.39, 0.29) is 16.9 Å². The molecule has 0 aliphatic heterocycles. The van der Waals surface area contributed by atoms with Gasteiger partial charge in [0, 0.05) is 6.20 Å². The third-order valence-electron chi connectivity index (χ3n) is 2.06. The van der Waals surface area contributed by atoms with Gasteiger partial charge in [0.1, 0.15) is 12.4 Å². The van der Waals surface area contributed by atoms with Crippen molar-refractivity contribution in [3.63, 3.8) is 0 Å². The molecule has 2 heterocycles. The Kier molecular flexibility index (Phi) is 2.53. The van der Waals surface area contributed by atoms with E-state index < -0.39 is 10.9 Å². The molecule has 0 saturated carbocycles. The Labute approximate surface area is 94.3 Å². The summed E-state index contributed by atoms with van der Waals surface area (Å²) >= 11 is 0. The molecule has 0 aliphatic carbocycles. The van der Waals surface area contributed by atoms with Crippen molar-refractivity contribution in [2.24, 2.45) is 0 Å². The molecule has 2 rings (SSSR count). The number of rotatable bonds is 3. The van der Waals surface area contributed by atoms with Crippen LogP contribution in [0.15, 0.2) is 30.9 Å². The van der Waals surface area contributed by atoms with Crippen molar-refractivity contribution in [2.45, 2.75) is 0 Å². The fraction of sp³-hybridized carbons (Fsp3) is 0. The summed E-state index contributed by atoms with van der Waals surface area (Å²) in [5.41, 5.74) is -0.0729. The smallest absolute Gasteiger partial charge is 0.338 e. The number of hydrogen-bond donors (Lipinski definition) is 1. The second-order valence-electron chi connectivity index (χ2n) is 3.10. The van der Waals surface area contributed by atoms with Gasteiger partial charge in [0.2, 0.25) is 0 Å². The molecule has 0 bridgehead atoms. The lowest BCUT2D eigenvalue weighted by molar-refractivity contribution is -0.384. The summed E-state index contributed by atoms with van der Waals surface area (Å²) in [5, 5.41) is 23.1. The van der Waals surface area contributed by atoms with E-state index >= 15 is 0 Å². The topological polar surface area (TPSA) is 111 Å². The number of aromatic nitrogens is 3. The Morgan fingerprint density at radius 3 is 2.82 bits per heavy atom. The molecule has 0 aromatic carbocycles. The van der Waals surface area contributed by atoms with Crippen molar-refractivity contribution >= 4 is 11.7 Å². The molecule has 2 aromatic rings. The third-order valence-corrected chi connectivity index (χ3v) is 2.06. The highest BCUT2D eigenvalue weighted by Gasteiger charge is 2.15. The Morgan fingerprint density at radius 2 is 2.24 bits per heavy atom. The number of aromatic carboxylic acids is 1. The Balaban J connectivity index is 2.52. The summed E-state index contributed by atoms with van der Waals surface area (Å²) < 4.78 is 1.11. The van der Waals surface area contributed by atoms with Crippen molar-refractivity contribution in [3.05, 3.63) is 46.5 Å². The average molecular weight is 234 g/mol. The van der Waals surface area contributed by atoms with Gasteiger partial charge in [0.05, 0.1) is 22.4 Å². The van der Waals surface area contributed by atoms with E-state index in [9.17, 15) is 14.9 Å². The van der Waals surface area contributed by atoms with Crippen molar-refractivity contribution < 1.29 is 14.8 Å². The second kappa shape index (κ2) is 4.00. The first-order chi connectivity index (χ1) is 8.09. The molecule has 1 N–H and O–H groups in total. The lowest BCUT2D eigenvalue weighted by atomic mass is 10.2. The Morgan fingerprint density at radius 1 is 1.47 bits per heavy atom. The summed E-state index contributed by atoms with van der Waals surface area (Å²) in [6.07, 6.45) is 4.77. The lowest BCUT2D eigenvalue weighted by Crippen LogP contribution is -2.06. The number of carboxylic acid groups (broad SMARTS) is 1. The second-order valence-corrected chi connectivity index (χ2v) is 3.10. The van der Waals surface area contributed by atoms with E-state index in [1.165, 1.54) is 18.5 Å². The van der Waals surface area contributed by atoms with Gasteiger partial charge in [-0.3, -0.25) is 15.1 Å². The van der Waals surface area contributed by atoms with Crippen LogP contribution < -0.4 is 0 Å². The largest absolute Gasteiger partial charge is 0.478 e. The zero-order valence-electron chi connectivity index (χ0n) is 8.35. The van der Waals surface area contributed by atoms with Crippen LogP contribution in [-0.2, 0) is 0 Å². The van der Waals surface area contributed by atoms with Gasteiger partial charge < -0.3 is 5.11 Å². The molecule has 0 radical (unpaired) electrons. The monoisotopic (exact) mass is 234 g/mol. The van der Waals surface area contributed by atoms with Crippen LogP contribution in [0.4, 0.5) is 5.69 Å². The molecule has 8 heteroatoms. The highest BCUT2D eigenvalue weighted by atomic mass is 16.6. The number of pyridine rings is 1. The molecular weight excluding hydrogens is 228 g/mol. The van der Waals surface area contributed by atoms with Crippen LogP contribution in [0.1, 0.15) is 10.4 Å². The maximum absolute atomic E-state index is 10.9. The number of nitro groups is 1. The van der Waals surface area contributed by atoms with Gasteiger partial charge in [0.25, 0.3) is 0 Å². The number of hydrogen-bond acceptors (Lipinski definition) is 5. The van der Waals surface area contributed by atoms with E-state index in [1.807, 2.05) is 0 Å². The number of carboxylic acids is 1. The molecule has 0 atom stereocenters. The predicted octanol–water partition coefficient (Wildman–Crippen LogP) is 0.874. The first kappa shape index (κ1) is 10.7. The standard InChI is InChI=1S/C9H6N4O4/c14-9(15)7-1-2-10-4-8(7)12-5-6(3-11-12)13(16)17/h1-5H,(H,14,15). The molecule has 86 valence electrons. The predicted molar refractivity (Wildman–Crippen MR) is 55.0 cm³/mol. The van der Waals surface area contributed by atoms with E-state index in [0.29, 0.717) is 0 Å². The van der Waals surface area contributed by atoms with Crippen LogP contribution in [0.5, 0.6) is 0 Å². The van der Waals surface area contributed by atoms with E-state index in [2.05, 4.69) is 10.1 Å². The van der Waals surface area contributed by atoms with Crippen LogP contribution in [-0.4, -0.2) is 30.8 Å². The van der Waals surface area contributed by atoms with Crippen LogP contribution in [0.25, 0.3) is 5.69 Å². The van der Waals surface area contributed by atoms with Crippen molar-refractivity contribution in [1.29, 1.82) is 0 Å². The van der Waals surface area contributed by atoms with E-state index in [0.717, 1.165) is 17.1 Å². The molecule has 0 amide bonds. The van der Waals surface area contributed by atoms with Crippen molar-refractivity contribution in [3.8, 4) is 5.69 Å². The minimum atomic E-state index is -1.15.